The highest BCUT2D eigenvalue weighted by Crippen LogP contribution is 2.29. The fourth-order valence-corrected chi connectivity index (χ4v) is 4.93. The van der Waals surface area contributed by atoms with Gasteiger partial charge >= 0.3 is 0 Å². The standard InChI is InChI=1S/C20H23ClN2O3S/c1-15-5-8-18(9-6-15)27(25,26)23(14-20(24)22-11-3-4-12-22)19-10-7-17(21)13-16(19)2/h5-10,13H,3-4,11-12,14H2,1-2H3. The fraction of sp³-hybridized carbons (Fsp3) is 0.350. The quantitative estimate of drug-likeness (QED) is 0.759. The molecule has 2 aromatic carbocycles. The first-order chi connectivity index (χ1) is 12.8. The van der Waals surface area contributed by atoms with Gasteiger partial charge in [0.25, 0.3) is 10.0 Å². The van der Waals surface area contributed by atoms with Crippen LogP contribution in [0.4, 0.5) is 5.69 Å². The molecule has 0 saturated carbocycles. The predicted octanol–water partition coefficient (Wildman–Crippen LogP) is 3.77. The number of rotatable bonds is 5. The lowest BCUT2D eigenvalue weighted by atomic mass is 10.2. The number of anilines is 1. The van der Waals surface area contributed by atoms with E-state index in [1.165, 1.54) is 4.31 Å². The van der Waals surface area contributed by atoms with Gasteiger partial charge in [-0.1, -0.05) is 29.3 Å². The summed E-state index contributed by atoms with van der Waals surface area (Å²) in [6.07, 6.45) is 1.91. The summed E-state index contributed by atoms with van der Waals surface area (Å²) < 4.78 is 27.9. The van der Waals surface area contributed by atoms with Gasteiger partial charge in [0, 0.05) is 18.1 Å². The number of carbonyl (C=O) groups is 1. The Morgan fingerprint density at radius 1 is 1.07 bits per heavy atom. The SMILES string of the molecule is Cc1ccc(S(=O)(=O)N(CC(=O)N2CCCC2)c2ccc(Cl)cc2C)cc1. The number of benzene rings is 2. The summed E-state index contributed by atoms with van der Waals surface area (Å²) in [5.74, 6) is -0.183. The van der Waals surface area contributed by atoms with E-state index in [2.05, 4.69) is 0 Å². The minimum atomic E-state index is -3.89. The monoisotopic (exact) mass is 406 g/mol. The molecule has 1 heterocycles. The van der Waals surface area contributed by atoms with Crippen LogP contribution in [0.25, 0.3) is 0 Å². The van der Waals surface area contributed by atoms with E-state index in [0.717, 1.165) is 18.4 Å². The van der Waals surface area contributed by atoms with Gasteiger partial charge in [0.2, 0.25) is 5.91 Å². The summed E-state index contributed by atoms with van der Waals surface area (Å²) in [7, 11) is -3.89. The minimum Gasteiger partial charge on any atom is -0.341 e. The van der Waals surface area contributed by atoms with E-state index in [1.807, 2.05) is 6.92 Å². The van der Waals surface area contributed by atoms with E-state index in [0.29, 0.717) is 29.4 Å². The van der Waals surface area contributed by atoms with Gasteiger partial charge in [-0.05, 0) is 62.6 Å². The van der Waals surface area contributed by atoms with Crippen LogP contribution in [-0.2, 0) is 14.8 Å². The first-order valence-corrected chi connectivity index (χ1v) is 10.7. The van der Waals surface area contributed by atoms with Crippen LogP contribution in [0.2, 0.25) is 5.02 Å². The molecule has 27 heavy (non-hydrogen) atoms. The smallest absolute Gasteiger partial charge is 0.264 e. The number of carbonyl (C=O) groups excluding carboxylic acids is 1. The zero-order valence-corrected chi connectivity index (χ0v) is 17.1. The third kappa shape index (κ3) is 4.28. The molecule has 5 nitrogen and oxygen atoms in total. The van der Waals surface area contributed by atoms with E-state index in [1.54, 1.807) is 54.3 Å². The normalized spacial score (nSPS) is 14.4. The highest BCUT2D eigenvalue weighted by Gasteiger charge is 2.30. The number of hydrogen-bond donors (Lipinski definition) is 0. The Labute approximate surface area is 165 Å². The number of aryl methyl sites for hydroxylation is 2. The van der Waals surface area contributed by atoms with Crippen LogP contribution in [0.15, 0.2) is 47.4 Å². The highest BCUT2D eigenvalue weighted by molar-refractivity contribution is 7.92. The Balaban J connectivity index is 2.03. The van der Waals surface area contributed by atoms with Gasteiger partial charge in [0.15, 0.2) is 0 Å². The molecule has 0 bridgehead atoms. The maximum atomic E-state index is 13.4. The Bertz CT molecular complexity index is 936. The molecule has 0 spiro atoms. The minimum absolute atomic E-state index is 0.164. The highest BCUT2D eigenvalue weighted by atomic mass is 35.5. The summed E-state index contributed by atoms with van der Waals surface area (Å²) in [6, 6.07) is 11.6. The van der Waals surface area contributed by atoms with Crippen molar-refractivity contribution in [1.29, 1.82) is 0 Å². The molecule has 7 heteroatoms. The number of amides is 1. The summed E-state index contributed by atoms with van der Waals surface area (Å²) in [6.45, 7) is 4.82. The molecule has 0 aliphatic carbocycles. The molecule has 3 rings (SSSR count). The third-order valence-corrected chi connectivity index (χ3v) is 6.78. The van der Waals surface area contributed by atoms with E-state index in [-0.39, 0.29) is 17.3 Å². The summed E-state index contributed by atoms with van der Waals surface area (Å²) in [4.78, 5) is 14.6. The molecule has 1 amide bonds. The van der Waals surface area contributed by atoms with Crippen LogP contribution in [0, 0.1) is 13.8 Å². The van der Waals surface area contributed by atoms with Crippen molar-refractivity contribution >= 4 is 33.2 Å². The molecule has 0 N–H and O–H groups in total. The Kier molecular flexibility index (Phi) is 5.77. The lowest BCUT2D eigenvalue weighted by Crippen LogP contribution is -2.42. The van der Waals surface area contributed by atoms with Gasteiger partial charge in [-0.25, -0.2) is 8.42 Å². The first kappa shape index (κ1) is 19.7. The van der Waals surface area contributed by atoms with Crippen LogP contribution < -0.4 is 4.31 Å². The van der Waals surface area contributed by atoms with Crippen molar-refractivity contribution in [3.05, 3.63) is 58.6 Å². The van der Waals surface area contributed by atoms with Gasteiger partial charge in [0.05, 0.1) is 10.6 Å². The molecule has 0 unspecified atom stereocenters. The lowest BCUT2D eigenvalue weighted by molar-refractivity contribution is -0.128. The number of likely N-dealkylation sites (tertiary alicyclic amines) is 1. The second-order valence-electron chi connectivity index (χ2n) is 6.84. The molecule has 0 atom stereocenters. The van der Waals surface area contributed by atoms with E-state index < -0.39 is 10.0 Å². The largest absolute Gasteiger partial charge is 0.341 e. The zero-order chi connectivity index (χ0) is 19.6. The van der Waals surface area contributed by atoms with Crippen molar-refractivity contribution in [2.45, 2.75) is 31.6 Å². The van der Waals surface area contributed by atoms with Gasteiger partial charge in [-0.3, -0.25) is 9.10 Å². The molecule has 0 radical (unpaired) electrons. The number of hydrogen-bond acceptors (Lipinski definition) is 3. The van der Waals surface area contributed by atoms with Crippen LogP contribution in [-0.4, -0.2) is 38.9 Å². The topological polar surface area (TPSA) is 57.7 Å². The Morgan fingerprint density at radius 2 is 1.70 bits per heavy atom. The maximum Gasteiger partial charge on any atom is 0.264 e. The van der Waals surface area contributed by atoms with Crippen molar-refractivity contribution in [3.63, 3.8) is 0 Å². The van der Waals surface area contributed by atoms with Gasteiger partial charge in [-0.15, -0.1) is 0 Å². The van der Waals surface area contributed by atoms with Gasteiger partial charge in [0.1, 0.15) is 6.54 Å². The summed E-state index contributed by atoms with van der Waals surface area (Å²) in [5, 5.41) is 0.523. The molecule has 0 aromatic heterocycles. The maximum absolute atomic E-state index is 13.4. The lowest BCUT2D eigenvalue weighted by Gasteiger charge is -2.27. The van der Waals surface area contributed by atoms with Gasteiger partial charge < -0.3 is 4.90 Å². The van der Waals surface area contributed by atoms with Crippen molar-refractivity contribution in [3.8, 4) is 0 Å². The molecule has 2 aromatic rings. The third-order valence-electron chi connectivity index (χ3n) is 4.77. The van der Waals surface area contributed by atoms with Crippen LogP contribution in [0.1, 0.15) is 24.0 Å². The molecule has 1 aliphatic heterocycles. The molecule has 1 fully saturated rings. The molecule has 1 saturated heterocycles. The first-order valence-electron chi connectivity index (χ1n) is 8.92. The van der Waals surface area contributed by atoms with Gasteiger partial charge in [-0.2, -0.15) is 0 Å². The number of halogens is 1. The van der Waals surface area contributed by atoms with E-state index in [4.69, 9.17) is 11.6 Å². The van der Waals surface area contributed by atoms with Crippen LogP contribution >= 0.6 is 11.6 Å². The molecular formula is C20H23ClN2O3S. The average Bonchev–Trinajstić information content (AvgIpc) is 3.15. The molecule has 144 valence electrons. The fourth-order valence-electron chi connectivity index (χ4n) is 3.23. The van der Waals surface area contributed by atoms with Crippen molar-refractivity contribution in [2.75, 3.05) is 23.9 Å². The predicted molar refractivity (Wildman–Crippen MR) is 108 cm³/mol. The van der Waals surface area contributed by atoms with Crippen molar-refractivity contribution in [2.24, 2.45) is 0 Å². The second kappa shape index (κ2) is 7.90. The number of nitrogens with zero attached hydrogens (tertiary/aromatic N) is 2. The molecule has 1 aliphatic rings. The van der Waals surface area contributed by atoms with E-state index in [9.17, 15) is 13.2 Å². The second-order valence-corrected chi connectivity index (χ2v) is 9.14. The Hall–Kier alpha value is -2.05. The molecular weight excluding hydrogens is 384 g/mol. The zero-order valence-electron chi connectivity index (χ0n) is 15.5. The average molecular weight is 407 g/mol. The van der Waals surface area contributed by atoms with E-state index >= 15 is 0 Å². The van der Waals surface area contributed by atoms with Crippen molar-refractivity contribution < 1.29 is 13.2 Å². The van der Waals surface area contributed by atoms with Crippen LogP contribution in [0.3, 0.4) is 0 Å². The Morgan fingerprint density at radius 3 is 2.30 bits per heavy atom. The summed E-state index contributed by atoms with van der Waals surface area (Å²) >= 11 is 6.04. The summed E-state index contributed by atoms with van der Waals surface area (Å²) in [5.41, 5.74) is 2.14. The number of sulfonamides is 1. The van der Waals surface area contributed by atoms with Crippen molar-refractivity contribution in [1.82, 2.24) is 4.90 Å². The van der Waals surface area contributed by atoms with Crippen LogP contribution in [0.5, 0.6) is 0 Å².